The minimum Gasteiger partial charge on any atom is -0.334 e. The monoisotopic (exact) mass is 337 g/mol. The molecule has 1 atom stereocenters. The van der Waals surface area contributed by atoms with Crippen molar-refractivity contribution in [2.75, 3.05) is 12.3 Å². The van der Waals surface area contributed by atoms with Crippen molar-refractivity contribution in [3.05, 3.63) is 35.4 Å². The third kappa shape index (κ3) is 3.77. The van der Waals surface area contributed by atoms with Gasteiger partial charge >= 0.3 is 0 Å². The van der Waals surface area contributed by atoms with Crippen LogP contribution in [0.1, 0.15) is 57.7 Å². The van der Waals surface area contributed by atoms with Crippen molar-refractivity contribution in [2.24, 2.45) is 0 Å². The van der Waals surface area contributed by atoms with E-state index in [9.17, 15) is 13.2 Å². The van der Waals surface area contributed by atoms with Gasteiger partial charge in [-0.15, -0.1) is 0 Å². The lowest BCUT2D eigenvalue weighted by Crippen LogP contribution is -2.45. The molecule has 0 unspecified atom stereocenters. The van der Waals surface area contributed by atoms with Crippen molar-refractivity contribution < 1.29 is 13.2 Å². The van der Waals surface area contributed by atoms with Crippen molar-refractivity contribution in [2.45, 2.75) is 57.7 Å². The standard InChI is InChI=1S/C18H27NO3S/c1-5-8-16-15-10-7-6-9-14(15)11-12-19(16)17(20)13-23(21,22)18(2,3)4/h6-7,9-10,16H,5,8,11-13H2,1-4H3/t16-/m0/s1. The van der Waals surface area contributed by atoms with E-state index in [-0.39, 0.29) is 11.9 Å². The topological polar surface area (TPSA) is 54.5 Å². The molecule has 0 N–H and O–H groups in total. The van der Waals surface area contributed by atoms with Gasteiger partial charge in [0.1, 0.15) is 5.75 Å². The van der Waals surface area contributed by atoms with Crippen molar-refractivity contribution >= 4 is 15.7 Å². The van der Waals surface area contributed by atoms with Crippen LogP contribution in [0.3, 0.4) is 0 Å². The van der Waals surface area contributed by atoms with Gasteiger partial charge in [0.25, 0.3) is 0 Å². The number of benzene rings is 1. The molecule has 5 heteroatoms. The van der Waals surface area contributed by atoms with E-state index in [1.807, 2.05) is 12.1 Å². The number of hydrogen-bond donors (Lipinski definition) is 0. The van der Waals surface area contributed by atoms with Gasteiger partial charge in [-0.3, -0.25) is 4.79 Å². The Hall–Kier alpha value is -1.36. The molecule has 1 aliphatic heterocycles. The molecule has 0 saturated carbocycles. The van der Waals surface area contributed by atoms with Gasteiger partial charge in [-0.25, -0.2) is 8.42 Å². The fraction of sp³-hybridized carbons (Fsp3) is 0.611. The van der Waals surface area contributed by atoms with Crippen molar-refractivity contribution in [1.29, 1.82) is 0 Å². The zero-order chi connectivity index (χ0) is 17.3. The third-order valence-electron chi connectivity index (χ3n) is 4.54. The van der Waals surface area contributed by atoms with Crippen LogP contribution in [0.4, 0.5) is 0 Å². The first-order valence-corrected chi connectivity index (χ1v) is 9.92. The maximum atomic E-state index is 12.7. The van der Waals surface area contributed by atoms with Gasteiger partial charge in [0.15, 0.2) is 9.84 Å². The SMILES string of the molecule is CCC[C@H]1c2ccccc2CCN1C(=O)CS(=O)(=O)C(C)(C)C. The van der Waals surface area contributed by atoms with Crippen LogP contribution in [0.15, 0.2) is 24.3 Å². The zero-order valence-electron chi connectivity index (χ0n) is 14.5. The summed E-state index contributed by atoms with van der Waals surface area (Å²) in [6, 6.07) is 8.16. The highest BCUT2D eigenvalue weighted by atomic mass is 32.2. The molecule has 1 aliphatic rings. The molecular formula is C18H27NO3S. The largest absolute Gasteiger partial charge is 0.334 e. The summed E-state index contributed by atoms with van der Waals surface area (Å²) in [6.45, 7) is 7.62. The first kappa shape index (κ1) is 18.0. The van der Waals surface area contributed by atoms with Crippen LogP contribution in [0.25, 0.3) is 0 Å². The minimum absolute atomic E-state index is 0.00683. The molecule has 23 heavy (non-hydrogen) atoms. The van der Waals surface area contributed by atoms with E-state index in [2.05, 4.69) is 19.1 Å². The fourth-order valence-electron chi connectivity index (χ4n) is 3.00. The minimum atomic E-state index is -3.45. The van der Waals surface area contributed by atoms with Crippen LogP contribution < -0.4 is 0 Å². The smallest absolute Gasteiger partial charge is 0.238 e. The second kappa shape index (κ2) is 6.63. The number of amides is 1. The molecule has 0 fully saturated rings. The van der Waals surface area contributed by atoms with E-state index in [1.54, 1.807) is 25.7 Å². The van der Waals surface area contributed by atoms with E-state index in [1.165, 1.54) is 11.1 Å². The molecule has 0 bridgehead atoms. The summed E-state index contributed by atoms with van der Waals surface area (Å²) in [5, 5.41) is 0. The quantitative estimate of drug-likeness (QED) is 0.848. The highest BCUT2D eigenvalue weighted by Crippen LogP contribution is 2.33. The Balaban J connectivity index is 2.27. The molecule has 1 aromatic rings. The van der Waals surface area contributed by atoms with Crippen molar-refractivity contribution in [1.82, 2.24) is 4.90 Å². The number of sulfone groups is 1. The number of carbonyl (C=O) groups is 1. The van der Waals surface area contributed by atoms with E-state index >= 15 is 0 Å². The van der Waals surface area contributed by atoms with Crippen LogP contribution in [-0.4, -0.2) is 36.3 Å². The fourth-order valence-corrected chi connectivity index (χ4v) is 3.92. The first-order chi connectivity index (χ1) is 10.7. The average molecular weight is 337 g/mol. The molecule has 1 aromatic carbocycles. The summed E-state index contributed by atoms with van der Waals surface area (Å²) in [6.07, 6.45) is 2.60. The Kier molecular flexibility index (Phi) is 5.19. The summed E-state index contributed by atoms with van der Waals surface area (Å²) in [4.78, 5) is 14.5. The molecule has 1 heterocycles. The third-order valence-corrected chi connectivity index (χ3v) is 7.03. The predicted octanol–water partition coefficient (Wildman–Crippen LogP) is 3.13. The molecule has 0 aliphatic carbocycles. The van der Waals surface area contributed by atoms with Crippen molar-refractivity contribution in [3.8, 4) is 0 Å². The number of nitrogens with zero attached hydrogens (tertiary/aromatic N) is 1. The molecule has 0 saturated heterocycles. The van der Waals surface area contributed by atoms with Gasteiger partial charge in [0.05, 0.1) is 10.8 Å². The Labute approximate surface area is 139 Å². The maximum Gasteiger partial charge on any atom is 0.238 e. The van der Waals surface area contributed by atoms with E-state index in [4.69, 9.17) is 0 Å². The van der Waals surface area contributed by atoms with Crippen LogP contribution in [0.2, 0.25) is 0 Å². The lowest BCUT2D eigenvalue weighted by molar-refractivity contribution is -0.131. The number of rotatable bonds is 4. The summed E-state index contributed by atoms with van der Waals surface area (Å²) in [5.74, 6) is -0.674. The average Bonchev–Trinajstić information content (AvgIpc) is 2.46. The van der Waals surface area contributed by atoms with Crippen molar-refractivity contribution in [3.63, 3.8) is 0 Å². The normalized spacial score (nSPS) is 18.6. The lowest BCUT2D eigenvalue weighted by Gasteiger charge is -2.38. The zero-order valence-corrected chi connectivity index (χ0v) is 15.3. The predicted molar refractivity (Wildman–Crippen MR) is 93.0 cm³/mol. The summed E-state index contributed by atoms with van der Waals surface area (Å²) >= 11 is 0. The van der Waals surface area contributed by atoms with Crippen LogP contribution in [0, 0.1) is 0 Å². The molecule has 128 valence electrons. The Bertz CT molecular complexity index is 674. The van der Waals surface area contributed by atoms with Gasteiger partial charge in [-0.05, 0) is 44.7 Å². The maximum absolute atomic E-state index is 12.7. The lowest BCUT2D eigenvalue weighted by atomic mass is 9.90. The van der Waals surface area contributed by atoms with Crippen LogP contribution >= 0.6 is 0 Å². The highest BCUT2D eigenvalue weighted by Gasteiger charge is 2.36. The summed E-state index contributed by atoms with van der Waals surface area (Å²) in [7, 11) is -3.45. The summed E-state index contributed by atoms with van der Waals surface area (Å²) in [5.41, 5.74) is 2.44. The number of fused-ring (bicyclic) bond motifs is 1. The number of hydrogen-bond acceptors (Lipinski definition) is 3. The summed E-state index contributed by atoms with van der Waals surface area (Å²) < 4.78 is 23.8. The van der Waals surface area contributed by atoms with Gasteiger partial charge < -0.3 is 4.90 Å². The molecule has 2 rings (SSSR count). The molecule has 0 aromatic heterocycles. The Morgan fingerprint density at radius 3 is 2.52 bits per heavy atom. The van der Waals surface area contributed by atoms with Gasteiger partial charge in [-0.2, -0.15) is 0 Å². The highest BCUT2D eigenvalue weighted by molar-refractivity contribution is 7.93. The van der Waals surface area contributed by atoms with Crippen LogP contribution in [-0.2, 0) is 21.1 Å². The van der Waals surface area contributed by atoms with E-state index in [0.717, 1.165) is 19.3 Å². The Morgan fingerprint density at radius 1 is 1.26 bits per heavy atom. The molecule has 4 nitrogen and oxygen atoms in total. The molecule has 0 spiro atoms. The second-order valence-electron chi connectivity index (χ2n) is 7.21. The van der Waals surface area contributed by atoms with Gasteiger partial charge in [-0.1, -0.05) is 37.6 Å². The van der Waals surface area contributed by atoms with Gasteiger partial charge in [0, 0.05) is 6.54 Å². The second-order valence-corrected chi connectivity index (χ2v) is 9.95. The molecule has 0 radical (unpaired) electrons. The van der Waals surface area contributed by atoms with E-state index in [0.29, 0.717) is 6.54 Å². The molecule has 1 amide bonds. The van der Waals surface area contributed by atoms with Crippen LogP contribution in [0.5, 0.6) is 0 Å². The first-order valence-electron chi connectivity index (χ1n) is 8.27. The van der Waals surface area contributed by atoms with Gasteiger partial charge in [0.2, 0.25) is 5.91 Å². The van der Waals surface area contributed by atoms with E-state index < -0.39 is 20.3 Å². The molecular weight excluding hydrogens is 310 g/mol. The number of carbonyl (C=O) groups excluding carboxylic acids is 1. The Morgan fingerprint density at radius 2 is 1.91 bits per heavy atom.